The number of nitrogens with one attached hydrogen (secondary N) is 1. The Kier molecular flexibility index (Phi) is 7.68. The number of carbonyl (C=O) groups excluding carboxylic acids is 2. The summed E-state index contributed by atoms with van der Waals surface area (Å²) >= 11 is 1.55. The minimum absolute atomic E-state index is 0.108. The standard InChI is InChI=1S/C28H32N2O3S/c1-19-13-14-25(20(2)16-19)30(26(31)18-24-12-7-15-34-24)27(21-8-6-11-23(17-21)33-3)28(32)29-22-9-4-5-10-22/h6-8,11-17,22,27H,4-5,9-10,18H2,1-3H3,(H,29,32)/t27-/m1/s1. The number of rotatable bonds is 8. The zero-order chi connectivity index (χ0) is 24.1. The van der Waals surface area contributed by atoms with Crippen LogP contribution in [-0.4, -0.2) is 25.0 Å². The van der Waals surface area contributed by atoms with E-state index in [1.54, 1.807) is 23.3 Å². The SMILES string of the molecule is COc1cccc([C@H](C(=O)NC2CCCC2)N(C(=O)Cc2cccs2)c2ccc(C)cc2C)c1. The summed E-state index contributed by atoms with van der Waals surface area (Å²) in [6.45, 7) is 4.02. The first-order valence-corrected chi connectivity index (χ1v) is 12.7. The number of benzene rings is 2. The summed E-state index contributed by atoms with van der Waals surface area (Å²) < 4.78 is 5.46. The summed E-state index contributed by atoms with van der Waals surface area (Å²) in [6.07, 6.45) is 4.43. The van der Waals surface area contributed by atoms with Gasteiger partial charge in [-0.3, -0.25) is 14.5 Å². The number of nitrogens with zero attached hydrogens (tertiary/aromatic N) is 1. The first-order chi connectivity index (χ1) is 16.5. The lowest BCUT2D eigenvalue weighted by molar-refractivity contribution is -0.127. The van der Waals surface area contributed by atoms with Gasteiger partial charge in [0, 0.05) is 16.6 Å². The Morgan fingerprint density at radius 3 is 2.56 bits per heavy atom. The first kappa shape index (κ1) is 24.0. The molecule has 178 valence electrons. The molecule has 0 radical (unpaired) electrons. The Bertz CT molecular complexity index is 1140. The van der Waals surface area contributed by atoms with E-state index in [1.807, 2.05) is 67.8 Å². The van der Waals surface area contributed by atoms with Crippen LogP contribution in [0.15, 0.2) is 60.0 Å². The van der Waals surface area contributed by atoms with Crippen molar-refractivity contribution in [2.75, 3.05) is 12.0 Å². The highest BCUT2D eigenvalue weighted by Gasteiger charge is 2.35. The van der Waals surface area contributed by atoms with Crippen molar-refractivity contribution in [3.05, 3.63) is 81.5 Å². The predicted octanol–water partition coefficient (Wildman–Crippen LogP) is 5.75. The number of carbonyl (C=O) groups is 2. The summed E-state index contributed by atoms with van der Waals surface area (Å²) in [5, 5.41) is 5.21. The number of methoxy groups -OCH3 is 1. The molecule has 4 rings (SSSR count). The second-order valence-corrected chi connectivity index (χ2v) is 10.0. The highest BCUT2D eigenvalue weighted by atomic mass is 32.1. The minimum atomic E-state index is -0.801. The van der Waals surface area contributed by atoms with E-state index in [0.717, 1.165) is 52.9 Å². The van der Waals surface area contributed by atoms with Crippen LogP contribution in [0.4, 0.5) is 5.69 Å². The second kappa shape index (κ2) is 10.9. The molecule has 1 N–H and O–H groups in total. The zero-order valence-electron chi connectivity index (χ0n) is 20.0. The highest BCUT2D eigenvalue weighted by molar-refractivity contribution is 7.10. The molecule has 1 aliphatic carbocycles. The Hall–Kier alpha value is -3.12. The van der Waals surface area contributed by atoms with Gasteiger partial charge in [0.1, 0.15) is 11.8 Å². The van der Waals surface area contributed by atoms with Gasteiger partial charge in [-0.2, -0.15) is 0 Å². The van der Waals surface area contributed by atoms with Gasteiger partial charge >= 0.3 is 0 Å². The quantitative estimate of drug-likeness (QED) is 0.450. The van der Waals surface area contributed by atoms with Crippen LogP contribution in [-0.2, 0) is 16.0 Å². The summed E-state index contributed by atoms with van der Waals surface area (Å²) in [7, 11) is 1.61. The highest BCUT2D eigenvalue weighted by Crippen LogP contribution is 2.34. The van der Waals surface area contributed by atoms with Gasteiger partial charge in [-0.05, 0) is 67.5 Å². The van der Waals surface area contributed by atoms with E-state index < -0.39 is 6.04 Å². The largest absolute Gasteiger partial charge is 0.497 e. The van der Waals surface area contributed by atoms with E-state index >= 15 is 0 Å². The number of anilines is 1. The third-order valence-electron chi connectivity index (χ3n) is 6.40. The van der Waals surface area contributed by atoms with Crippen LogP contribution >= 0.6 is 11.3 Å². The van der Waals surface area contributed by atoms with Crippen LogP contribution in [0.1, 0.15) is 53.3 Å². The van der Waals surface area contributed by atoms with E-state index in [0.29, 0.717) is 5.75 Å². The molecule has 6 heteroatoms. The molecule has 1 heterocycles. The fourth-order valence-electron chi connectivity index (χ4n) is 4.72. The Morgan fingerprint density at radius 1 is 1.09 bits per heavy atom. The summed E-state index contributed by atoms with van der Waals surface area (Å²) in [4.78, 5) is 30.4. The van der Waals surface area contributed by atoms with Crippen molar-refractivity contribution in [1.82, 2.24) is 5.32 Å². The second-order valence-electron chi connectivity index (χ2n) is 8.98. The molecule has 34 heavy (non-hydrogen) atoms. The molecule has 1 aliphatic rings. The Labute approximate surface area is 205 Å². The number of hydrogen-bond donors (Lipinski definition) is 1. The summed E-state index contributed by atoms with van der Waals surface area (Å²) in [5.41, 5.74) is 3.55. The zero-order valence-corrected chi connectivity index (χ0v) is 20.9. The molecule has 1 saturated carbocycles. The molecule has 0 spiro atoms. The number of ether oxygens (including phenoxy) is 1. The maximum absolute atomic E-state index is 13.9. The van der Waals surface area contributed by atoms with Gasteiger partial charge in [0.15, 0.2) is 0 Å². The van der Waals surface area contributed by atoms with Crippen molar-refractivity contribution in [1.29, 1.82) is 0 Å². The molecule has 1 fully saturated rings. The van der Waals surface area contributed by atoms with Crippen molar-refractivity contribution in [3.8, 4) is 5.75 Å². The van der Waals surface area contributed by atoms with Crippen LogP contribution < -0.4 is 15.0 Å². The average molecular weight is 477 g/mol. The molecule has 2 amide bonds. The fraction of sp³-hybridized carbons (Fsp3) is 0.357. The van der Waals surface area contributed by atoms with Gasteiger partial charge in [0.05, 0.1) is 13.5 Å². The normalized spacial score (nSPS) is 14.6. The molecule has 1 atom stereocenters. The number of thiophene rings is 1. The number of hydrogen-bond acceptors (Lipinski definition) is 4. The molecular formula is C28H32N2O3S. The lowest BCUT2D eigenvalue weighted by Crippen LogP contribution is -2.47. The number of amides is 2. The molecule has 0 unspecified atom stereocenters. The lowest BCUT2D eigenvalue weighted by atomic mass is 9.99. The lowest BCUT2D eigenvalue weighted by Gasteiger charge is -2.33. The van der Waals surface area contributed by atoms with Crippen LogP contribution in [0.3, 0.4) is 0 Å². The minimum Gasteiger partial charge on any atom is -0.497 e. The molecule has 3 aromatic rings. The summed E-state index contributed by atoms with van der Waals surface area (Å²) in [6, 6.07) is 16.7. The van der Waals surface area contributed by atoms with Gasteiger partial charge in [-0.15, -0.1) is 11.3 Å². The van der Waals surface area contributed by atoms with Crippen molar-refractivity contribution >= 4 is 28.8 Å². The topological polar surface area (TPSA) is 58.6 Å². The van der Waals surface area contributed by atoms with E-state index in [9.17, 15) is 9.59 Å². The monoisotopic (exact) mass is 476 g/mol. The molecular weight excluding hydrogens is 444 g/mol. The molecule has 0 saturated heterocycles. The average Bonchev–Trinajstić information content (AvgIpc) is 3.52. The van der Waals surface area contributed by atoms with E-state index in [4.69, 9.17) is 4.74 Å². The van der Waals surface area contributed by atoms with Crippen LogP contribution in [0.2, 0.25) is 0 Å². The van der Waals surface area contributed by atoms with E-state index in [2.05, 4.69) is 11.4 Å². The summed E-state index contributed by atoms with van der Waals surface area (Å²) in [5.74, 6) is 0.394. The van der Waals surface area contributed by atoms with Crippen LogP contribution in [0.5, 0.6) is 5.75 Å². The maximum Gasteiger partial charge on any atom is 0.248 e. The van der Waals surface area contributed by atoms with Gasteiger partial charge in [0.2, 0.25) is 11.8 Å². The molecule has 5 nitrogen and oxygen atoms in total. The number of aryl methyl sites for hydroxylation is 2. The third-order valence-corrected chi connectivity index (χ3v) is 7.28. The van der Waals surface area contributed by atoms with Gasteiger partial charge in [-0.25, -0.2) is 0 Å². The maximum atomic E-state index is 13.9. The molecule has 2 aromatic carbocycles. The van der Waals surface area contributed by atoms with Gasteiger partial charge in [-0.1, -0.05) is 48.7 Å². The third kappa shape index (κ3) is 5.50. The van der Waals surface area contributed by atoms with Crippen molar-refractivity contribution in [2.24, 2.45) is 0 Å². The van der Waals surface area contributed by atoms with Crippen molar-refractivity contribution in [3.63, 3.8) is 0 Å². The van der Waals surface area contributed by atoms with Gasteiger partial charge in [0.25, 0.3) is 0 Å². The Balaban J connectivity index is 1.81. The van der Waals surface area contributed by atoms with Crippen LogP contribution in [0, 0.1) is 13.8 Å². The first-order valence-electron chi connectivity index (χ1n) is 11.8. The molecule has 0 bridgehead atoms. The van der Waals surface area contributed by atoms with Crippen LogP contribution in [0.25, 0.3) is 0 Å². The molecule has 1 aromatic heterocycles. The van der Waals surface area contributed by atoms with E-state index in [-0.39, 0.29) is 24.3 Å². The van der Waals surface area contributed by atoms with Crippen molar-refractivity contribution < 1.29 is 14.3 Å². The van der Waals surface area contributed by atoms with E-state index in [1.165, 1.54) is 0 Å². The predicted molar refractivity (Wildman–Crippen MR) is 138 cm³/mol. The Morgan fingerprint density at radius 2 is 1.88 bits per heavy atom. The van der Waals surface area contributed by atoms with Crippen molar-refractivity contribution in [2.45, 2.75) is 58.0 Å². The smallest absolute Gasteiger partial charge is 0.248 e. The fourth-order valence-corrected chi connectivity index (χ4v) is 5.42. The van der Waals surface area contributed by atoms with Gasteiger partial charge < -0.3 is 10.1 Å². The molecule has 0 aliphatic heterocycles.